The Morgan fingerprint density at radius 2 is 2.33 bits per heavy atom. The largest absolute Gasteiger partial charge is 0.243 e. The Balaban J connectivity index is 1.91. The molecule has 4 heteroatoms. The Morgan fingerprint density at radius 1 is 1.42 bits per heavy atom. The highest BCUT2D eigenvalue weighted by atomic mass is 15.8. The molecule has 1 heterocycles. The molecule has 0 aromatic carbocycles. The number of nitrogens with zero attached hydrogens (tertiary/aromatic N) is 1. The molecule has 0 radical (unpaired) electrons. The summed E-state index contributed by atoms with van der Waals surface area (Å²) in [5, 5.41) is 2.03. The van der Waals surface area contributed by atoms with Crippen molar-refractivity contribution in [2.24, 2.45) is 0 Å². The van der Waals surface area contributed by atoms with Gasteiger partial charge in [-0.25, -0.2) is 10.9 Å². The van der Waals surface area contributed by atoms with Crippen LogP contribution in [0.15, 0.2) is 0 Å². The SMILES string of the molecule is CCCCCNN1CCCNN1. The van der Waals surface area contributed by atoms with Crippen molar-refractivity contribution >= 4 is 0 Å². The topological polar surface area (TPSA) is 39.3 Å². The Kier molecular flexibility index (Phi) is 5.27. The summed E-state index contributed by atoms with van der Waals surface area (Å²) in [5.41, 5.74) is 9.47. The molecule has 0 bridgehead atoms. The fourth-order valence-corrected chi connectivity index (χ4v) is 1.24. The van der Waals surface area contributed by atoms with Crippen LogP contribution in [0.2, 0.25) is 0 Å². The highest BCUT2D eigenvalue weighted by Gasteiger charge is 2.06. The molecule has 72 valence electrons. The molecule has 0 atom stereocenters. The van der Waals surface area contributed by atoms with Crippen LogP contribution >= 0.6 is 0 Å². The maximum absolute atomic E-state index is 3.32. The average molecular weight is 172 g/mol. The van der Waals surface area contributed by atoms with E-state index in [9.17, 15) is 0 Å². The van der Waals surface area contributed by atoms with E-state index in [1.807, 2.05) is 5.12 Å². The first-order chi connectivity index (χ1) is 5.93. The van der Waals surface area contributed by atoms with Gasteiger partial charge in [0.05, 0.1) is 0 Å². The van der Waals surface area contributed by atoms with Crippen LogP contribution in [0.25, 0.3) is 0 Å². The van der Waals surface area contributed by atoms with Crippen molar-refractivity contribution in [3.05, 3.63) is 0 Å². The van der Waals surface area contributed by atoms with Crippen LogP contribution in [0.3, 0.4) is 0 Å². The molecule has 0 aromatic heterocycles. The maximum atomic E-state index is 3.32. The van der Waals surface area contributed by atoms with Gasteiger partial charge >= 0.3 is 0 Å². The minimum absolute atomic E-state index is 1.06. The van der Waals surface area contributed by atoms with Crippen molar-refractivity contribution in [3.63, 3.8) is 0 Å². The Bertz CT molecular complexity index is 101. The van der Waals surface area contributed by atoms with E-state index in [0.717, 1.165) is 19.6 Å². The predicted molar refractivity (Wildman–Crippen MR) is 50.0 cm³/mol. The lowest BCUT2D eigenvalue weighted by atomic mass is 10.2. The summed E-state index contributed by atoms with van der Waals surface area (Å²) in [6, 6.07) is 0. The summed E-state index contributed by atoms with van der Waals surface area (Å²) < 4.78 is 0. The zero-order valence-electron chi connectivity index (χ0n) is 7.90. The molecule has 1 saturated heterocycles. The molecule has 3 N–H and O–H groups in total. The van der Waals surface area contributed by atoms with Gasteiger partial charge in [0.1, 0.15) is 0 Å². The normalized spacial score (nSPS) is 19.8. The Labute approximate surface area is 74.6 Å². The fourth-order valence-electron chi connectivity index (χ4n) is 1.24. The smallest absolute Gasteiger partial charge is 0.0314 e. The maximum Gasteiger partial charge on any atom is 0.0314 e. The van der Waals surface area contributed by atoms with Crippen molar-refractivity contribution < 1.29 is 0 Å². The van der Waals surface area contributed by atoms with Crippen LogP contribution in [0, 0.1) is 0 Å². The molecule has 1 rings (SSSR count). The number of hydrogen-bond donors (Lipinski definition) is 3. The number of hydrazine groups is 3. The van der Waals surface area contributed by atoms with E-state index in [1.54, 1.807) is 0 Å². The number of unbranched alkanes of at least 4 members (excludes halogenated alkanes) is 2. The van der Waals surface area contributed by atoms with Crippen LogP contribution in [-0.4, -0.2) is 24.8 Å². The molecule has 1 aliphatic rings. The molecule has 4 nitrogen and oxygen atoms in total. The molecular formula is C8H20N4. The van der Waals surface area contributed by atoms with E-state index in [0.29, 0.717) is 0 Å². The minimum atomic E-state index is 1.06. The number of nitrogens with one attached hydrogen (secondary N) is 3. The monoisotopic (exact) mass is 172 g/mol. The van der Waals surface area contributed by atoms with Crippen molar-refractivity contribution in [1.82, 2.24) is 21.5 Å². The third-order valence-electron chi connectivity index (χ3n) is 1.98. The predicted octanol–water partition coefficient (Wildman–Crippen LogP) is 0.396. The van der Waals surface area contributed by atoms with Gasteiger partial charge in [-0.05, 0) is 12.8 Å². The standard InChI is InChI=1S/C8H20N4/c1-2-3-4-7-10-12-8-5-6-9-11-12/h9-11H,2-8H2,1H3. The van der Waals surface area contributed by atoms with E-state index in [4.69, 9.17) is 0 Å². The molecule has 0 amide bonds. The van der Waals surface area contributed by atoms with Crippen molar-refractivity contribution in [1.29, 1.82) is 0 Å². The van der Waals surface area contributed by atoms with Crippen LogP contribution in [0.4, 0.5) is 0 Å². The number of rotatable bonds is 5. The summed E-state index contributed by atoms with van der Waals surface area (Å²) in [5.74, 6) is 0. The Hall–Kier alpha value is -0.160. The minimum Gasteiger partial charge on any atom is -0.243 e. The van der Waals surface area contributed by atoms with Gasteiger partial charge in [0.2, 0.25) is 0 Å². The second-order valence-corrected chi connectivity index (χ2v) is 3.16. The molecule has 1 fully saturated rings. The summed E-state index contributed by atoms with van der Waals surface area (Å²) in [6.45, 7) is 5.44. The van der Waals surface area contributed by atoms with Gasteiger partial charge in [-0.15, -0.1) is 0 Å². The summed E-state index contributed by atoms with van der Waals surface area (Å²) >= 11 is 0. The van der Waals surface area contributed by atoms with Gasteiger partial charge in [-0.3, -0.25) is 0 Å². The number of hydrogen-bond acceptors (Lipinski definition) is 4. The third-order valence-corrected chi connectivity index (χ3v) is 1.98. The first-order valence-corrected chi connectivity index (χ1v) is 4.93. The van der Waals surface area contributed by atoms with E-state index in [-0.39, 0.29) is 0 Å². The first kappa shape index (κ1) is 9.92. The van der Waals surface area contributed by atoms with Gasteiger partial charge in [0, 0.05) is 19.6 Å². The van der Waals surface area contributed by atoms with Gasteiger partial charge in [0.25, 0.3) is 0 Å². The van der Waals surface area contributed by atoms with Crippen molar-refractivity contribution in [3.8, 4) is 0 Å². The molecule has 1 aliphatic heterocycles. The zero-order chi connectivity index (χ0) is 8.65. The van der Waals surface area contributed by atoms with Crippen LogP contribution < -0.4 is 16.4 Å². The summed E-state index contributed by atoms with van der Waals surface area (Å²) in [6.07, 6.45) is 5.06. The molecular weight excluding hydrogens is 152 g/mol. The van der Waals surface area contributed by atoms with Gasteiger partial charge in [-0.1, -0.05) is 19.8 Å². The third kappa shape index (κ3) is 4.01. The Morgan fingerprint density at radius 3 is 3.00 bits per heavy atom. The zero-order valence-corrected chi connectivity index (χ0v) is 7.90. The molecule has 0 aliphatic carbocycles. The molecule has 0 spiro atoms. The second kappa shape index (κ2) is 6.37. The lowest BCUT2D eigenvalue weighted by molar-refractivity contribution is 0.0571. The van der Waals surface area contributed by atoms with Crippen molar-refractivity contribution in [2.75, 3.05) is 19.6 Å². The van der Waals surface area contributed by atoms with Gasteiger partial charge in [-0.2, -0.15) is 10.7 Å². The van der Waals surface area contributed by atoms with E-state index < -0.39 is 0 Å². The molecule has 0 saturated carbocycles. The lowest BCUT2D eigenvalue weighted by Crippen LogP contribution is -2.58. The van der Waals surface area contributed by atoms with Crippen LogP contribution in [0.5, 0.6) is 0 Å². The van der Waals surface area contributed by atoms with Crippen LogP contribution in [-0.2, 0) is 0 Å². The molecule has 0 unspecified atom stereocenters. The van der Waals surface area contributed by atoms with E-state index in [1.165, 1.54) is 25.7 Å². The fraction of sp³-hybridized carbons (Fsp3) is 1.00. The van der Waals surface area contributed by atoms with E-state index >= 15 is 0 Å². The van der Waals surface area contributed by atoms with Crippen LogP contribution in [0.1, 0.15) is 32.6 Å². The second-order valence-electron chi connectivity index (χ2n) is 3.16. The lowest BCUT2D eigenvalue weighted by Gasteiger charge is -2.28. The summed E-state index contributed by atoms with van der Waals surface area (Å²) in [4.78, 5) is 0. The average Bonchev–Trinajstić information content (AvgIpc) is 2.14. The molecule has 0 aromatic rings. The van der Waals surface area contributed by atoms with Gasteiger partial charge in [0.15, 0.2) is 0 Å². The molecule has 12 heavy (non-hydrogen) atoms. The van der Waals surface area contributed by atoms with Gasteiger partial charge < -0.3 is 0 Å². The van der Waals surface area contributed by atoms with E-state index in [2.05, 4.69) is 23.3 Å². The highest BCUT2D eigenvalue weighted by molar-refractivity contribution is 4.53. The first-order valence-electron chi connectivity index (χ1n) is 4.93. The summed E-state index contributed by atoms with van der Waals surface area (Å²) in [7, 11) is 0. The van der Waals surface area contributed by atoms with Crippen molar-refractivity contribution in [2.45, 2.75) is 32.6 Å². The highest BCUT2D eigenvalue weighted by Crippen LogP contribution is 1.92. The quantitative estimate of drug-likeness (QED) is 0.525.